The largest absolute Gasteiger partial charge is 0.353 e. The Morgan fingerprint density at radius 2 is 1.78 bits per heavy atom. The van der Waals surface area contributed by atoms with Crippen LogP contribution in [0.25, 0.3) is 0 Å². The highest BCUT2D eigenvalue weighted by Crippen LogP contribution is 2.22. The Labute approximate surface area is 161 Å². The monoisotopic (exact) mass is 361 g/mol. The summed E-state index contributed by atoms with van der Waals surface area (Å²) in [5, 5.41) is 9.29. The molecule has 140 valence electrons. The second-order valence-electron chi connectivity index (χ2n) is 7.65. The first-order valence-electron chi connectivity index (χ1n) is 9.90. The van der Waals surface area contributed by atoms with Gasteiger partial charge in [0, 0.05) is 52.0 Å². The zero-order valence-corrected chi connectivity index (χ0v) is 15.8. The van der Waals surface area contributed by atoms with Crippen LogP contribution in [0.3, 0.4) is 0 Å². The van der Waals surface area contributed by atoms with Crippen molar-refractivity contribution in [2.45, 2.75) is 13.0 Å². The molecular formula is C22H27N5. The molecule has 0 saturated carbocycles. The van der Waals surface area contributed by atoms with Crippen LogP contribution in [0.4, 0.5) is 5.82 Å². The highest BCUT2D eigenvalue weighted by atomic mass is 15.3. The number of benzene rings is 1. The number of rotatable bonds is 5. The third kappa shape index (κ3) is 4.47. The average Bonchev–Trinajstić information content (AvgIpc) is 3.16. The Bertz CT molecular complexity index is 777. The van der Waals surface area contributed by atoms with E-state index in [0.717, 1.165) is 44.5 Å². The van der Waals surface area contributed by atoms with Gasteiger partial charge in [0.25, 0.3) is 0 Å². The normalized spacial score (nSPS) is 21.3. The summed E-state index contributed by atoms with van der Waals surface area (Å²) in [6.45, 7) is 8.67. The number of anilines is 1. The molecule has 0 N–H and O–H groups in total. The van der Waals surface area contributed by atoms with Gasteiger partial charge in [0.15, 0.2) is 0 Å². The number of nitrogens with zero attached hydrogens (tertiary/aromatic N) is 5. The minimum atomic E-state index is 0.679. The summed E-state index contributed by atoms with van der Waals surface area (Å²) in [7, 11) is 0. The Hall–Kier alpha value is -2.42. The maximum atomic E-state index is 9.29. The predicted molar refractivity (Wildman–Crippen MR) is 107 cm³/mol. The molecule has 2 aromatic rings. The standard InChI is InChI=1S/C22H27N5/c23-15-21-7-4-9-24-22(21)27-13-11-25(12-14-27)17-20-8-10-26(18-20)16-19-5-2-1-3-6-19/h1-7,9,20H,8,10-14,16-18H2. The summed E-state index contributed by atoms with van der Waals surface area (Å²) in [4.78, 5) is 11.9. The van der Waals surface area contributed by atoms with Crippen LogP contribution >= 0.6 is 0 Å². The van der Waals surface area contributed by atoms with E-state index < -0.39 is 0 Å². The topological polar surface area (TPSA) is 46.4 Å². The Balaban J connectivity index is 1.25. The van der Waals surface area contributed by atoms with Crippen molar-refractivity contribution < 1.29 is 0 Å². The van der Waals surface area contributed by atoms with Gasteiger partial charge in [0.1, 0.15) is 11.9 Å². The number of pyridine rings is 1. The number of hydrogen-bond acceptors (Lipinski definition) is 5. The van der Waals surface area contributed by atoms with Crippen molar-refractivity contribution in [3.8, 4) is 6.07 Å². The van der Waals surface area contributed by atoms with Gasteiger partial charge in [-0.1, -0.05) is 30.3 Å². The van der Waals surface area contributed by atoms with Crippen LogP contribution in [-0.2, 0) is 6.54 Å². The van der Waals surface area contributed by atoms with E-state index in [9.17, 15) is 5.26 Å². The maximum Gasteiger partial charge on any atom is 0.146 e. The molecule has 1 atom stereocenters. The average molecular weight is 361 g/mol. The second-order valence-corrected chi connectivity index (χ2v) is 7.65. The van der Waals surface area contributed by atoms with E-state index >= 15 is 0 Å². The molecule has 1 aromatic heterocycles. The van der Waals surface area contributed by atoms with Gasteiger partial charge in [-0.15, -0.1) is 0 Å². The molecule has 5 nitrogen and oxygen atoms in total. The summed E-state index contributed by atoms with van der Waals surface area (Å²) >= 11 is 0. The van der Waals surface area contributed by atoms with Gasteiger partial charge in [-0.3, -0.25) is 9.80 Å². The van der Waals surface area contributed by atoms with Gasteiger partial charge in [0.05, 0.1) is 5.56 Å². The maximum absolute atomic E-state index is 9.29. The lowest BCUT2D eigenvalue weighted by atomic mass is 10.1. The lowest BCUT2D eigenvalue weighted by molar-refractivity contribution is 0.213. The molecule has 0 bridgehead atoms. The zero-order chi connectivity index (χ0) is 18.5. The van der Waals surface area contributed by atoms with Gasteiger partial charge in [-0.2, -0.15) is 5.26 Å². The summed E-state index contributed by atoms with van der Waals surface area (Å²) in [6, 6.07) is 16.7. The van der Waals surface area contributed by atoms with E-state index in [1.54, 1.807) is 6.20 Å². The molecule has 2 aliphatic rings. The lowest BCUT2D eigenvalue weighted by Crippen LogP contribution is -2.48. The summed E-state index contributed by atoms with van der Waals surface area (Å²) in [5.74, 6) is 1.61. The molecule has 0 spiro atoms. The zero-order valence-electron chi connectivity index (χ0n) is 15.8. The number of hydrogen-bond donors (Lipinski definition) is 0. The van der Waals surface area contributed by atoms with Crippen LogP contribution in [-0.4, -0.2) is 60.6 Å². The third-order valence-electron chi connectivity index (χ3n) is 5.71. The first-order chi connectivity index (χ1) is 13.3. The minimum absolute atomic E-state index is 0.679. The molecule has 5 heteroatoms. The van der Waals surface area contributed by atoms with E-state index in [1.165, 1.54) is 31.6 Å². The molecule has 2 fully saturated rings. The molecular weight excluding hydrogens is 334 g/mol. The Kier molecular flexibility index (Phi) is 5.66. The van der Waals surface area contributed by atoms with Crippen molar-refractivity contribution in [2.75, 3.05) is 50.7 Å². The van der Waals surface area contributed by atoms with Crippen molar-refractivity contribution in [3.05, 3.63) is 59.8 Å². The van der Waals surface area contributed by atoms with E-state index in [1.807, 2.05) is 12.1 Å². The minimum Gasteiger partial charge on any atom is -0.353 e. The molecule has 4 rings (SSSR count). The van der Waals surface area contributed by atoms with E-state index in [0.29, 0.717) is 5.56 Å². The summed E-state index contributed by atoms with van der Waals surface area (Å²) in [6.07, 6.45) is 3.08. The fraction of sp³-hybridized carbons (Fsp3) is 0.455. The highest BCUT2D eigenvalue weighted by molar-refractivity contribution is 5.53. The number of aromatic nitrogens is 1. The molecule has 0 radical (unpaired) electrons. The van der Waals surface area contributed by atoms with Crippen molar-refractivity contribution >= 4 is 5.82 Å². The summed E-state index contributed by atoms with van der Waals surface area (Å²) in [5.41, 5.74) is 2.09. The van der Waals surface area contributed by atoms with Crippen molar-refractivity contribution in [1.29, 1.82) is 5.26 Å². The fourth-order valence-electron chi connectivity index (χ4n) is 4.29. The first kappa shape index (κ1) is 18.0. The number of nitriles is 1. The van der Waals surface area contributed by atoms with Crippen LogP contribution < -0.4 is 4.90 Å². The molecule has 1 unspecified atom stereocenters. The third-order valence-corrected chi connectivity index (χ3v) is 5.71. The Morgan fingerprint density at radius 1 is 0.963 bits per heavy atom. The molecule has 2 saturated heterocycles. The van der Waals surface area contributed by atoms with E-state index in [2.05, 4.69) is 56.1 Å². The van der Waals surface area contributed by atoms with Crippen molar-refractivity contribution in [1.82, 2.24) is 14.8 Å². The van der Waals surface area contributed by atoms with Crippen LogP contribution in [0, 0.1) is 17.2 Å². The quantitative estimate of drug-likeness (QED) is 0.819. The van der Waals surface area contributed by atoms with Crippen molar-refractivity contribution in [2.24, 2.45) is 5.92 Å². The van der Waals surface area contributed by atoms with Gasteiger partial charge in [-0.05, 0) is 36.6 Å². The first-order valence-corrected chi connectivity index (χ1v) is 9.90. The number of piperazine rings is 1. The highest BCUT2D eigenvalue weighted by Gasteiger charge is 2.27. The van der Waals surface area contributed by atoms with Gasteiger partial charge in [0.2, 0.25) is 0 Å². The molecule has 0 amide bonds. The van der Waals surface area contributed by atoms with Gasteiger partial charge in [-0.25, -0.2) is 4.98 Å². The van der Waals surface area contributed by atoms with Gasteiger partial charge < -0.3 is 4.90 Å². The predicted octanol–water partition coefficient (Wildman–Crippen LogP) is 2.60. The second kappa shape index (κ2) is 8.51. The molecule has 1 aromatic carbocycles. The molecule has 0 aliphatic carbocycles. The van der Waals surface area contributed by atoms with Crippen LogP contribution in [0.1, 0.15) is 17.5 Å². The van der Waals surface area contributed by atoms with E-state index in [4.69, 9.17) is 0 Å². The fourth-order valence-corrected chi connectivity index (χ4v) is 4.29. The molecule has 2 aliphatic heterocycles. The SMILES string of the molecule is N#Cc1cccnc1N1CCN(CC2CCN(Cc3ccccc3)C2)CC1. The molecule has 27 heavy (non-hydrogen) atoms. The smallest absolute Gasteiger partial charge is 0.146 e. The summed E-state index contributed by atoms with van der Waals surface area (Å²) < 4.78 is 0. The van der Waals surface area contributed by atoms with Crippen LogP contribution in [0.15, 0.2) is 48.7 Å². The van der Waals surface area contributed by atoms with E-state index in [-0.39, 0.29) is 0 Å². The number of likely N-dealkylation sites (tertiary alicyclic amines) is 1. The van der Waals surface area contributed by atoms with Crippen LogP contribution in [0.2, 0.25) is 0 Å². The molecule has 3 heterocycles. The van der Waals surface area contributed by atoms with Crippen molar-refractivity contribution in [3.63, 3.8) is 0 Å². The lowest BCUT2D eigenvalue weighted by Gasteiger charge is -2.36. The Morgan fingerprint density at radius 3 is 2.56 bits per heavy atom. The van der Waals surface area contributed by atoms with Crippen LogP contribution in [0.5, 0.6) is 0 Å². The van der Waals surface area contributed by atoms with Gasteiger partial charge >= 0.3 is 0 Å².